The molecule has 2 rings (SSSR count). The minimum atomic E-state index is -4.67. The summed E-state index contributed by atoms with van der Waals surface area (Å²) in [5.74, 6) is 0.401. The van der Waals surface area contributed by atoms with Crippen molar-refractivity contribution in [1.29, 1.82) is 0 Å². The number of anilines is 1. The number of nitrogens with two attached hydrogens (primary N) is 1. The summed E-state index contributed by atoms with van der Waals surface area (Å²) in [6.07, 6.45) is 0. The van der Waals surface area contributed by atoms with Crippen LogP contribution in [0.1, 0.15) is 11.1 Å². The molecule has 7 nitrogen and oxygen atoms in total. The lowest BCUT2D eigenvalue weighted by molar-refractivity contribution is 0.381. The van der Waals surface area contributed by atoms with Gasteiger partial charge in [-0.1, -0.05) is 36.4 Å². The summed E-state index contributed by atoms with van der Waals surface area (Å²) in [6, 6.07) is 15.9. The maximum absolute atomic E-state index is 8.74. The van der Waals surface area contributed by atoms with Crippen LogP contribution in [0.4, 0.5) is 11.4 Å². The number of aliphatic imine (C=N–C) groups is 1. The van der Waals surface area contributed by atoms with Crippen molar-refractivity contribution in [3.05, 3.63) is 59.7 Å². The Bertz CT molecular complexity index is 781. The third-order valence-electron chi connectivity index (χ3n) is 2.76. The van der Waals surface area contributed by atoms with Crippen LogP contribution >= 0.6 is 0 Å². The molecule has 0 radical (unpaired) electrons. The zero-order chi connectivity index (χ0) is 17.5. The number of rotatable bonds is 2. The summed E-state index contributed by atoms with van der Waals surface area (Å²) in [5, 5.41) is 3.11. The quantitative estimate of drug-likeness (QED) is 0.379. The van der Waals surface area contributed by atoms with Gasteiger partial charge in [0, 0.05) is 5.69 Å². The summed E-state index contributed by atoms with van der Waals surface area (Å²) in [5.41, 5.74) is 10.0. The number of guanidine groups is 1. The Kier molecular flexibility index (Phi) is 6.70. The molecule has 0 saturated heterocycles. The monoisotopic (exact) mass is 337 g/mol. The van der Waals surface area contributed by atoms with Gasteiger partial charge in [0.1, 0.15) is 0 Å². The maximum atomic E-state index is 8.74. The average molecular weight is 337 g/mol. The summed E-state index contributed by atoms with van der Waals surface area (Å²) in [4.78, 5) is 4.38. The topological polar surface area (TPSA) is 125 Å². The molecule has 0 aliphatic heterocycles. The van der Waals surface area contributed by atoms with Gasteiger partial charge < -0.3 is 11.1 Å². The third-order valence-corrected chi connectivity index (χ3v) is 2.76. The smallest absolute Gasteiger partial charge is 0.369 e. The van der Waals surface area contributed by atoms with E-state index in [-0.39, 0.29) is 0 Å². The first kappa shape index (κ1) is 18.6. The van der Waals surface area contributed by atoms with Crippen LogP contribution in [0, 0.1) is 13.8 Å². The summed E-state index contributed by atoms with van der Waals surface area (Å²) in [6.45, 7) is 4.04. The molecule has 0 amide bonds. The van der Waals surface area contributed by atoms with Crippen LogP contribution in [0.15, 0.2) is 53.5 Å². The first-order chi connectivity index (χ1) is 10.7. The fourth-order valence-electron chi connectivity index (χ4n) is 1.70. The first-order valence-corrected chi connectivity index (χ1v) is 7.99. The van der Waals surface area contributed by atoms with Crippen LogP contribution < -0.4 is 11.1 Å². The van der Waals surface area contributed by atoms with Crippen molar-refractivity contribution in [2.45, 2.75) is 13.8 Å². The molecule has 124 valence electrons. The average Bonchev–Trinajstić information content (AvgIpc) is 2.42. The number of aryl methyl sites for hydroxylation is 2. The van der Waals surface area contributed by atoms with Gasteiger partial charge >= 0.3 is 10.4 Å². The number of nitrogens with zero attached hydrogens (tertiary/aromatic N) is 1. The normalized spacial score (nSPS) is 11.4. The lowest BCUT2D eigenvalue weighted by atomic mass is 10.2. The molecule has 0 fully saturated rings. The molecule has 2 aromatic rings. The molecular formula is C15H19N3O4S. The highest BCUT2D eigenvalue weighted by Gasteiger charge is 2.00. The second-order valence-electron chi connectivity index (χ2n) is 4.67. The van der Waals surface area contributed by atoms with E-state index in [0.29, 0.717) is 5.96 Å². The summed E-state index contributed by atoms with van der Waals surface area (Å²) in [7, 11) is -4.67. The number of hydrogen-bond donors (Lipinski definition) is 4. The Morgan fingerprint density at radius 3 is 2.00 bits per heavy atom. The molecule has 0 unspecified atom stereocenters. The van der Waals surface area contributed by atoms with Crippen molar-refractivity contribution in [3.8, 4) is 0 Å². The third kappa shape index (κ3) is 7.96. The predicted molar refractivity (Wildman–Crippen MR) is 91.4 cm³/mol. The molecule has 23 heavy (non-hydrogen) atoms. The Labute approximate surface area is 135 Å². The highest BCUT2D eigenvalue weighted by atomic mass is 32.3. The molecule has 0 saturated carbocycles. The standard InChI is InChI=1S/C15H17N3.H2O4S/c1-11-7-3-5-9-13(11)17-15(16)18-14-10-6-4-8-12(14)2;1-5(2,3)4/h3-10H,1-2H3,(H3,16,17,18);(H2,1,2,3,4). The molecule has 0 atom stereocenters. The van der Waals surface area contributed by atoms with Crippen molar-refractivity contribution >= 4 is 27.7 Å². The fourth-order valence-corrected chi connectivity index (χ4v) is 1.70. The highest BCUT2D eigenvalue weighted by molar-refractivity contribution is 7.79. The Morgan fingerprint density at radius 1 is 1.00 bits per heavy atom. The van der Waals surface area contributed by atoms with E-state index in [4.69, 9.17) is 23.3 Å². The second-order valence-corrected chi connectivity index (χ2v) is 5.57. The first-order valence-electron chi connectivity index (χ1n) is 6.59. The molecule has 0 aromatic heterocycles. The van der Waals surface area contributed by atoms with Gasteiger partial charge in [-0.05, 0) is 37.1 Å². The highest BCUT2D eigenvalue weighted by Crippen LogP contribution is 2.18. The van der Waals surface area contributed by atoms with Crippen LogP contribution in [0.2, 0.25) is 0 Å². The Morgan fingerprint density at radius 2 is 1.48 bits per heavy atom. The molecule has 0 bridgehead atoms. The molecule has 0 aliphatic rings. The second kappa shape index (κ2) is 8.28. The molecule has 2 aromatic carbocycles. The Balaban J connectivity index is 0.000000463. The zero-order valence-electron chi connectivity index (χ0n) is 12.8. The summed E-state index contributed by atoms with van der Waals surface area (Å²) >= 11 is 0. The minimum Gasteiger partial charge on any atom is -0.369 e. The molecule has 0 heterocycles. The van der Waals surface area contributed by atoms with Crippen molar-refractivity contribution in [3.63, 3.8) is 0 Å². The van der Waals surface area contributed by atoms with Crippen molar-refractivity contribution in [2.75, 3.05) is 5.32 Å². The van der Waals surface area contributed by atoms with E-state index < -0.39 is 10.4 Å². The van der Waals surface area contributed by atoms with Crippen LogP contribution in [0.5, 0.6) is 0 Å². The van der Waals surface area contributed by atoms with Gasteiger partial charge in [0.25, 0.3) is 0 Å². The van der Waals surface area contributed by atoms with E-state index in [2.05, 4.69) is 10.3 Å². The van der Waals surface area contributed by atoms with E-state index in [1.165, 1.54) is 0 Å². The van der Waals surface area contributed by atoms with Gasteiger partial charge in [0.2, 0.25) is 0 Å². The lowest BCUT2D eigenvalue weighted by Gasteiger charge is -2.08. The number of hydrogen-bond acceptors (Lipinski definition) is 3. The van der Waals surface area contributed by atoms with Crippen LogP contribution in [-0.4, -0.2) is 23.5 Å². The molecule has 0 spiro atoms. The molecule has 0 aliphatic carbocycles. The van der Waals surface area contributed by atoms with Gasteiger partial charge in [-0.3, -0.25) is 9.11 Å². The number of benzene rings is 2. The van der Waals surface area contributed by atoms with Crippen molar-refractivity contribution < 1.29 is 17.5 Å². The number of para-hydroxylation sites is 2. The van der Waals surface area contributed by atoms with E-state index in [0.717, 1.165) is 22.5 Å². The van der Waals surface area contributed by atoms with Crippen molar-refractivity contribution in [1.82, 2.24) is 0 Å². The predicted octanol–water partition coefficient (Wildman–Crippen LogP) is 2.71. The zero-order valence-corrected chi connectivity index (χ0v) is 13.6. The SMILES string of the molecule is Cc1ccccc1N=C(N)Nc1ccccc1C.O=S(=O)(O)O. The van der Waals surface area contributed by atoms with E-state index >= 15 is 0 Å². The van der Waals surface area contributed by atoms with Crippen molar-refractivity contribution in [2.24, 2.45) is 10.7 Å². The van der Waals surface area contributed by atoms with Gasteiger partial charge in [0.15, 0.2) is 5.96 Å². The van der Waals surface area contributed by atoms with Crippen LogP contribution in [-0.2, 0) is 10.4 Å². The van der Waals surface area contributed by atoms with Gasteiger partial charge in [-0.25, -0.2) is 4.99 Å². The van der Waals surface area contributed by atoms with Crippen LogP contribution in [0.3, 0.4) is 0 Å². The summed E-state index contributed by atoms with van der Waals surface area (Å²) < 4.78 is 31.6. The van der Waals surface area contributed by atoms with Gasteiger partial charge in [-0.2, -0.15) is 8.42 Å². The minimum absolute atomic E-state index is 0.401. The maximum Gasteiger partial charge on any atom is 0.394 e. The van der Waals surface area contributed by atoms with Gasteiger partial charge in [-0.15, -0.1) is 0 Å². The van der Waals surface area contributed by atoms with E-state index in [1.54, 1.807) is 0 Å². The van der Waals surface area contributed by atoms with E-state index in [9.17, 15) is 0 Å². The van der Waals surface area contributed by atoms with E-state index in [1.807, 2.05) is 62.4 Å². The molecular weight excluding hydrogens is 318 g/mol. The largest absolute Gasteiger partial charge is 0.394 e. The fraction of sp³-hybridized carbons (Fsp3) is 0.133. The Hall–Kier alpha value is -2.42. The van der Waals surface area contributed by atoms with Gasteiger partial charge in [0.05, 0.1) is 5.69 Å². The molecule has 8 heteroatoms. The number of nitrogens with one attached hydrogen (secondary N) is 1. The molecule has 5 N–H and O–H groups in total. The lowest BCUT2D eigenvalue weighted by Crippen LogP contribution is -2.22. The van der Waals surface area contributed by atoms with Crippen LogP contribution in [0.25, 0.3) is 0 Å².